The molecule has 1 aliphatic carbocycles. The molecule has 6 nitrogen and oxygen atoms in total. The van der Waals surface area contributed by atoms with Gasteiger partial charge in [-0.2, -0.15) is 0 Å². The number of hydrogen-bond donors (Lipinski definition) is 2. The molecule has 0 saturated heterocycles. The minimum Gasteiger partial charge on any atom is -0.459 e. The van der Waals surface area contributed by atoms with E-state index < -0.39 is 18.1 Å². The molecule has 3 aromatic carbocycles. The predicted molar refractivity (Wildman–Crippen MR) is 120 cm³/mol. The lowest BCUT2D eigenvalue weighted by molar-refractivity contribution is -0.147. The number of ether oxygens (including phenoxy) is 2. The Kier molecular flexibility index (Phi) is 6.82. The first kappa shape index (κ1) is 21.6. The molecule has 2 N–H and O–H groups in total. The van der Waals surface area contributed by atoms with Crippen molar-refractivity contribution in [2.24, 2.45) is 0 Å². The molecule has 4 rings (SSSR count). The van der Waals surface area contributed by atoms with Crippen LogP contribution in [0.5, 0.6) is 0 Å². The molecule has 0 radical (unpaired) electrons. The first-order chi connectivity index (χ1) is 15.7. The van der Waals surface area contributed by atoms with Crippen LogP contribution in [0.15, 0.2) is 78.9 Å². The van der Waals surface area contributed by atoms with Crippen molar-refractivity contribution in [1.82, 2.24) is 5.32 Å². The minimum absolute atomic E-state index is 0.0395. The van der Waals surface area contributed by atoms with Gasteiger partial charge in [-0.15, -0.1) is 0 Å². The molecule has 6 heteroatoms. The summed E-state index contributed by atoms with van der Waals surface area (Å²) in [5.41, 5.74) is 5.33. The van der Waals surface area contributed by atoms with Gasteiger partial charge in [-0.3, -0.25) is 0 Å². The summed E-state index contributed by atoms with van der Waals surface area (Å²) in [4.78, 5) is 24.9. The molecule has 164 valence electrons. The van der Waals surface area contributed by atoms with Crippen molar-refractivity contribution in [2.75, 3.05) is 13.2 Å². The number of nitrogens with one attached hydrogen (secondary N) is 1. The van der Waals surface area contributed by atoms with Crippen LogP contribution in [0.4, 0.5) is 4.79 Å². The van der Waals surface area contributed by atoms with Crippen LogP contribution < -0.4 is 5.32 Å². The maximum absolute atomic E-state index is 12.5. The second-order valence-electron chi connectivity index (χ2n) is 7.63. The highest BCUT2D eigenvalue weighted by molar-refractivity contribution is 5.82. The second kappa shape index (κ2) is 10.1. The fraction of sp³-hybridized carbons (Fsp3) is 0.231. The molecule has 32 heavy (non-hydrogen) atoms. The van der Waals surface area contributed by atoms with Crippen LogP contribution in [0.25, 0.3) is 11.1 Å². The molecule has 0 fully saturated rings. The third-order valence-corrected chi connectivity index (χ3v) is 5.56. The van der Waals surface area contributed by atoms with Gasteiger partial charge in [0.25, 0.3) is 0 Å². The summed E-state index contributed by atoms with van der Waals surface area (Å²) in [5, 5.41) is 11.8. The van der Waals surface area contributed by atoms with Gasteiger partial charge in [-0.1, -0.05) is 78.9 Å². The quantitative estimate of drug-likeness (QED) is 0.526. The van der Waals surface area contributed by atoms with Crippen LogP contribution in [-0.4, -0.2) is 36.4 Å². The molecular weight excluding hydrogens is 406 g/mol. The van der Waals surface area contributed by atoms with Crippen molar-refractivity contribution in [2.45, 2.75) is 25.0 Å². The van der Waals surface area contributed by atoms with Gasteiger partial charge < -0.3 is 19.9 Å². The van der Waals surface area contributed by atoms with E-state index in [1.807, 2.05) is 66.7 Å². The molecule has 0 saturated carbocycles. The summed E-state index contributed by atoms with van der Waals surface area (Å²) in [5.74, 6) is -0.689. The third kappa shape index (κ3) is 4.81. The van der Waals surface area contributed by atoms with E-state index in [2.05, 4.69) is 17.4 Å². The Labute approximate surface area is 186 Å². The van der Waals surface area contributed by atoms with E-state index in [9.17, 15) is 14.7 Å². The molecular formula is C26H25NO5. The van der Waals surface area contributed by atoms with Crippen LogP contribution in [0.3, 0.4) is 0 Å². The highest BCUT2D eigenvalue weighted by Gasteiger charge is 2.30. The molecule has 0 bridgehead atoms. The van der Waals surface area contributed by atoms with E-state index in [1.165, 1.54) is 0 Å². The number of esters is 1. The van der Waals surface area contributed by atoms with Gasteiger partial charge in [0.2, 0.25) is 0 Å². The fourth-order valence-electron chi connectivity index (χ4n) is 3.99. The average molecular weight is 431 g/mol. The number of carbonyl (C=O) groups is 2. The number of hydrogen-bond acceptors (Lipinski definition) is 5. The summed E-state index contributed by atoms with van der Waals surface area (Å²) in [7, 11) is 0. The van der Waals surface area contributed by atoms with Crippen molar-refractivity contribution in [3.05, 3.63) is 95.6 Å². The normalized spacial score (nSPS) is 13.0. The Morgan fingerprint density at radius 2 is 1.44 bits per heavy atom. The van der Waals surface area contributed by atoms with Crippen LogP contribution in [-0.2, 0) is 20.9 Å². The largest absolute Gasteiger partial charge is 0.459 e. The van der Waals surface area contributed by atoms with Crippen molar-refractivity contribution in [3.8, 4) is 11.1 Å². The summed E-state index contributed by atoms with van der Waals surface area (Å²) >= 11 is 0. The summed E-state index contributed by atoms with van der Waals surface area (Å²) in [6, 6.07) is 24.4. The molecule has 1 atom stereocenters. The number of carbonyl (C=O) groups excluding carboxylic acids is 2. The zero-order valence-electron chi connectivity index (χ0n) is 17.6. The predicted octanol–water partition coefficient (Wildman–Crippen LogP) is 4.02. The highest BCUT2D eigenvalue weighted by atomic mass is 16.6. The monoisotopic (exact) mass is 431 g/mol. The third-order valence-electron chi connectivity index (χ3n) is 5.56. The second-order valence-corrected chi connectivity index (χ2v) is 7.63. The van der Waals surface area contributed by atoms with E-state index in [-0.39, 0.29) is 32.2 Å². The Morgan fingerprint density at radius 3 is 2.06 bits per heavy atom. The first-order valence-electron chi connectivity index (χ1n) is 10.6. The Hall–Kier alpha value is -3.64. The summed E-state index contributed by atoms with van der Waals surface area (Å²) in [6.45, 7) is -0.0342. The van der Waals surface area contributed by atoms with Crippen molar-refractivity contribution in [1.29, 1.82) is 0 Å². The van der Waals surface area contributed by atoms with Crippen molar-refractivity contribution >= 4 is 12.1 Å². The minimum atomic E-state index is -0.987. The van der Waals surface area contributed by atoms with E-state index in [0.29, 0.717) is 0 Å². The van der Waals surface area contributed by atoms with Gasteiger partial charge in [0.1, 0.15) is 19.3 Å². The topological polar surface area (TPSA) is 84.9 Å². The van der Waals surface area contributed by atoms with E-state index >= 15 is 0 Å². The van der Waals surface area contributed by atoms with Gasteiger partial charge in [0.15, 0.2) is 0 Å². The van der Waals surface area contributed by atoms with Gasteiger partial charge >= 0.3 is 12.1 Å². The van der Waals surface area contributed by atoms with E-state index in [4.69, 9.17) is 9.47 Å². The molecule has 0 spiro atoms. The number of amides is 1. The first-order valence-corrected chi connectivity index (χ1v) is 10.6. The lowest BCUT2D eigenvalue weighted by atomic mass is 9.98. The number of aliphatic hydroxyl groups is 1. The van der Waals surface area contributed by atoms with Gasteiger partial charge in [-0.05, 0) is 27.8 Å². The Balaban J connectivity index is 1.36. The number of rotatable bonds is 8. The average Bonchev–Trinajstić information content (AvgIpc) is 3.15. The molecule has 0 unspecified atom stereocenters. The number of alkyl carbamates (subject to hydrolysis) is 1. The molecule has 0 aliphatic heterocycles. The molecule has 3 aromatic rings. The number of aliphatic hydroxyl groups excluding tert-OH is 1. The lowest BCUT2D eigenvalue weighted by Crippen LogP contribution is -2.43. The fourth-order valence-corrected chi connectivity index (χ4v) is 3.99. The van der Waals surface area contributed by atoms with Crippen LogP contribution in [0.2, 0.25) is 0 Å². The van der Waals surface area contributed by atoms with Gasteiger partial charge in [0.05, 0.1) is 0 Å². The number of fused-ring (bicyclic) bond motifs is 3. The molecule has 0 heterocycles. The number of benzene rings is 3. The van der Waals surface area contributed by atoms with Crippen LogP contribution in [0.1, 0.15) is 29.0 Å². The Morgan fingerprint density at radius 1 is 0.844 bits per heavy atom. The zero-order valence-corrected chi connectivity index (χ0v) is 17.6. The zero-order chi connectivity index (χ0) is 22.3. The van der Waals surface area contributed by atoms with Gasteiger partial charge in [0, 0.05) is 18.9 Å². The van der Waals surface area contributed by atoms with E-state index in [0.717, 1.165) is 27.8 Å². The SMILES string of the molecule is O=C(N[C@@H](CCO)C(=O)OCc1ccccc1)OCC1c2ccccc2-c2ccccc21. The van der Waals surface area contributed by atoms with Crippen molar-refractivity contribution in [3.63, 3.8) is 0 Å². The summed E-state index contributed by atoms with van der Waals surface area (Å²) in [6.07, 6.45) is -0.681. The molecule has 1 amide bonds. The molecule has 1 aliphatic rings. The Bertz CT molecular complexity index is 1040. The standard InChI is InChI=1S/C26H25NO5/c28-15-14-24(25(29)31-16-18-8-2-1-3-9-18)27-26(30)32-17-23-21-12-6-4-10-19(21)20-11-5-7-13-22(20)23/h1-13,23-24,28H,14-17H2,(H,27,30)/t24-/m0/s1. The van der Waals surface area contributed by atoms with Crippen LogP contribution in [0, 0.1) is 0 Å². The lowest BCUT2D eigenvalue weighted by Gasteiger charge is -2.18. The smallest absolute Gasteiger partial charge is 0.407 e. The van der Waals surface area contributed by atoms with Crippen molar-refractivity contribution < 1.29 is 24.2 Å². The summed E-state index contributed by atoms with van der Waals surface area (Å²) < 4.78 is 10.8. The maximum atomic E-state index is 12.5. The van der Waals surface area contributed by atoms with Crippen LogP contribution >= 0.6 is 0 Å². The molecule has 0 aromatic heterocycles. The van der Waals surface area contributed by atoms with E-state index in [1.54, 1.807) is 0 Å². The van der Waals surface area contributed by atoms with Gasteiger partial charge in [-0.25, -0.2) is 9.59 Å². The highest BCUT2D eigenvalue weighted by Crippen LogP contribution is 2.44. The maximum Gasteiger partial charge on any atom is 0.407 e.